The van der Waals surface area contributed by atoms with Crippen LogP contribution in [0.4, 0.5) is 0 Å². The molecule has 0 saturated carbocycles. The number of allylic oxidation sites excluding steroid dienone is 1. The Hall–Kier alpha value is -4.46. The molecule has 0 saturated heterocycles. The summed E-state index contributed by atoms with van der Waals surface area (Å²) in [6, 6.07) is 13.3. The van der Waals surface area contributed by atoms with Gasteiger partial charge < -0.3 is 28.8 Å². The van der Waals surface area contributed by atoms with Gasteiger partial charge in [0.25, 0.3) is 0 Å². The van der Waals surface area contributed by atoms with Crippen LogP contribution in [0.5, 0.6) is 34.5 Å². The number of hydrogen-bond donors (Lipinski definition) is 1. The molecule has 5 rings (SSSR count). The number of methoxy groups -OCH3 is 3. The largest absolute Gasteiger partial charge is 0.508 e. The van der Waals surface area contributed by atoms with Crippen LogP contribution in [-0.4, -0.2) is 38.2 Å². The van der Waals surface area contributed by atoms with Crippen molar-refractivity contribution in [3.8, 4) is 34.5 Å². The van der Waals surface area contributed by atoms with Crippen LogP contribution in [-0.2, 0) is 4.79 Å². The third-order valence-electron chi connectivity index (χ3n) is 6.04. The van der Waals surface area contributed by atoms with Gasteiger partial charge in [-0.25, -0.2) is 0 Å². The van der Waals surface area contributed by atoms with Gasteiger partial charge >= 0.3 is 5.97 Å². The van der Waals surface area contributed by atoms with Crippen LogP contribution in [0.3, 0.4) is 0 Å². The van der Waals surface area contributed by atoms with Gasteiger partial charge in [-0.05, 0) is 53.6 Å². The molecule has 1 atom stereocenters. The normalized spacial score (nSPS) is 17.3. The lowest BCUT2D eigenvalue weighted by Gasteiger charge is -2.26. The molecule has 1 N–H and O–H groups in total. The van der Waals surface area contributed by atoms with E-state index in [1.807, 2.05) is 6.07 Å². The summed E-state index contributed by atoms with van der Waals surface area (Å²) in [7, 11) is 4.53. The molecule has 2 heterocycles. The fourth-order valence-electron chi connectivity index (χ4n) is 4.47. The lowest BCUT2D eigenvalue weighted by atomic mass is 9.84. The van der Waals surface area contributed by atoms with Gasteiger partial charge in [0.15, 0.2) is 17.3 Å². The van der Waals surface area contributed by atoms with Crippen LogP contribution in [0.1, 0.15) is 39.4 Å². The first-order valence-electron chi connectivity index (χ1n) is 10.8. The van der Waals surface area contributed by atoms with Crippen molar-refractivity contribution in [2.24, 2.45) is 0 Å². The quantitative estimate of drug-likeness (QED) is 0.328. The molecule has 0 amide bonds. The molecule has 35 heavy (non-hydrogen) atoms. The van der Waals surface area contributed by atoms with Crippen molar-refractivity contribution in [1.29, 1.82) is 0 Å². The highest BCUT2D eigenvalue weighted by atomic mass is 16.5. The number of hydrogen-bond acceptors (Lipinski definition) is 8. The molecule has 0 unspecified atom stereocenters. The summed E-state index contributed by atoms with van der Waals surface area (Å²) >= 11 is 0. The molecule has 2 aliphatic heterocycles. The zero-order chi connectivity index (χ0) is 24.7. The van der Waals surface area contributed by atoms with Crippen molar-refractivity contribution in [3.05, 3.63) is 76.5 Å². The average molecular weight is 474 g/mol. The average Bonchev–Trinajstić information content (AvgIpc) is 3.17. The lowest BCUT2D eigenvalue weighted by molar-refractivity contribution is -0.135. The van der Waals surface area contributed by atoms with E-state index in [1.54, 1.807) is 48.5 Å². The Kier molecular flexibility index (Phi) is 5.56. The van der Waals surface area contributed by atoms with E-state index in [1.165, 1.54) is 21.3 Å². The molecule has 3 aromatic carbocycles. The smallest absolute Gasteiger partial charge is 0.312 e. The van der Waals surface area contributed by atoms with E-state index < -0.39 is 11.9 Å². The van der Waals surface area contributed by atoms with Crippen LogP contribution in [0, 0.1) is 0 Å². The van der Waals surface area contributed by atoms with Crippen molar-refractivity contribution in [2.45, 2.75) is 12.3 Å². The molecule has 0 aromatic heterocycles. The highest BCUT2D eigenvalue weighted by Gasteiger charge is 2.38. The zero-order valence-corrected chi connectivity index (χ0v) is 19.3. The predicted octanol–water partition coefficient (Wildman–Crippen LogP) is 4.48. The Morgan fingerprint density at radius 2 is 1.69 bits per heavy atom. The summed E-state index contributed by atoms with van der Waals surface area (Å²) in [6.07, 6.45) is 1.65. The molecule has 0 bridgehead atoms. The number of carbonyl (C=O) groups excluding carboxylic acids is 2. The monoisotopic (exact) mass is 474 g/mol. The molecule has 2 aliphatic rings. The maximum Gasteiger partial charge on any atom is 0.312 e. The first kappa shape index (κ1) is 22.3. The van der Waals surface area contributed by atoms with E-state index in [0.29, 0.717) is 45.4 Å². The van der Waals surface area contributed by atoms with Crippen LogP contribution in [0.15, 0.2) is 54.3 Å². The molecule has 0 fully saturated rings. The zero-order valence-electron chi connectivity index (χ0n) is 19.3. The number of rotatable bonds is 5. The van der Waals surface area contributed by atoms with Gasteiger partial charge in [-0.1, -0.05) is 12.1 Å². The summed E-state index contributed by atoms with van der Waals surface area (Å²) in [5, 5.41) is 9.98. The highest BCUT2D eigenvalue weighted by Crippen LogP contribution is 2.49. The lowest BCUT2D eigenvalue weighted by Crippen LogP contribution is -2.21. The number of phenolic OH excluding ortho intramolecular Hbond substituents is 1. The van der Waals surface area contributed by atoms with Crippen molar-refractivity contribution in [1.82, 2.24) is 0 Å². The van der Waals surface area contributed by atoms with E-state index in [4.69, 9.17) is 23.7 Å². The number of carbonyl (C=O) groups is 2. The molecule has 0 aliphatic carbocycles. The second-order valence-corrected chi connectivity index (χ2v) is 8.08. The first-order chi connectivity index (χ1) is 16.9. The summed E-state index contributed by atoms with van der Waals surface area (Å²) in [6.45, 7) is 0. The molecular formula is C27H22O8. The number of Topliss-reactive ketones (excluding diaryl/α,β-unsaturated/α-hetero) is 1. The number of ether oxygens (including phenoxy) is 5. The van der Waals surface area contributed by atoms with Crippen LogP contribution in [0.2, 0.25) is 0 Å². The molecule has 178 valence electrons. The SMILES string of the molecule is COc1cc(/C=C2\Oc3c(ccc4c3[C@@H](c3cccc(O)c3)CC(=O)O4)C2=O)cc(OC)c1OC. The van der Waals surface area contributed by atoms with Gasteiger partial charge in [0.05, 0.1) is 33.3 Å². The third-order valence-corrected chi connectivity index (χ3v) is 6.04. The van der Waals surface area contributed by atoms with Crippen molar-refractivity contribution < 1.29 is 38.4 Å². The standard InChI is InChI=1S/C27H22O8/c1-31-21-10-14(11-22(32-2)27(21)33-3)9-20-25(30)17-7-8-19-24(26(17)35-20)18(13-23(29)34-19)15-5-4-6-16(28)12-15/h4-12,18,28H,13H2,1-3H3/b20-9-/t18-/m1/s1. The van der Waals surface area contributed by atoms with E-state index in [0.717, 1.165) is 5.56 Å². The van der Waals surface area contributed by atoms with Gasteiger partial charge in [-0.3, -0.25) is 9.59 Å². The minimum atomic E-state index is -0.443. The van der Waals surface area contributed by atoms with Crippen LogP contribution < -0.4 is 23.7 Å². The van der Waals surface area contributed by atoms with Gasteiger partial charge in [0, 0.05) is 11.5 Å². The first-order valence-corrected chi connectivity index (χ1v) is 10.8. The minimum Gasteiger partial charge on any atom is -0.508 e. The van der Waals surface area contributed by atoms with Crippen molar-refractivity contribution >= 4 is 17.8 Å². The number of ketones is 1. The summed E-state index contributed by atoms with van der Waals surface area (Å²) < 4.78 is 27.7. The topological polar surface area (TPSA) is 101 Å². The van der Waals surface area contributed by atoms with Crippen LogP contribution >= 0.6 is 0 Å². The summed E-state index contributed by atoms with van der Waals surface area (Å²) in [5.74, 6) is 1.02. The molecule has 0 spiro atoms. The maximum absolute atomic E-state index is 13.3. The fourth-order valence-corrected chi connectivity index (χ4v) is 4.47. The summed E-state index contributed by atoms with van der Waals surface area (Å²) in [5.41, 5.74) is 2.29. The molecule has 8 nitrogen and oxygen atoms in total. The minimum absolute atomic E-state index is 0.0520. The molecule has 8 heteroatoms. The number of aromatic hydroxyl groups is 1. The predicted molar refractivity (Wildman–Crippen MR) is 126 cm³/mol. The molecular weight excluding hydrogens is 452 g/mol. The second-order valence-electron chi connectivity index (χ2n) is 8.08. The number of esters is 1. The Bertz CT molecular complexity index is 1360. The summed E-state index contributed by atoms with van der Waals surface area (Å²) in [4.78, 5) is 25.6. The van der Waals surface area contributed by atoms with E-state index >= 15 is 0 Å². The maximum atomic E-state index is 13.3. The van der Waals surface area contributed by atoms with E-state index in [2.05, 4.69) is 0 Å². The van der Waals surface area contributed by atoms with Gasteiger partial charge in [-0.2, -0.15) is 0 Å². The second kappa shape index (κ2) is 8.72. The Labute approximate surface area is 201 Å². The molecule has 0 radical (unpaired) electrons. The van der Waals surface area contributed by atoms with E-state index in [9.17, 15) is 14.7 Å². The number of phenols is 1. The number of benzene rings is 3. The van der Waals surface area contributed by atoms with Gasteiger partial charge in [0.2, 0.25) is 11.5 Å². The third kappa shape index (κ3) is 3.82. The highest BCUT2D eigenvalue weighted by molar-refractivity contribution is 6.15. The Morgan fingerprint density at radius 1 is 0.943 bits per heavy atom. The van der Waals surface area contributed by atoms with Crippen molar-refractivity contribution in [3.63, 3.8) is 0 Å². The number of fused-ring (bicyclic) bond motifs is 3. The fraction of sp³-hybridized carbons (Fsp3) is 0.185. The Balaban J connectivity index is 1.60. The van der Waals surface area contributed by atoms with Crippen LogP contribution in [0.25, 0.3) is 6.08 Å². The Morgan fingerprint density at radius 3 is 2.34 bits per heavy atom. The van der Waals surface area contributed by atoms with Gasteiger partial charge in [-0.15, -0.1) is 0 Å². The van der Waals surface area contributed by atoms with Gasteiger partial charge in [0.1, 0.15) is 17.2 Å². The van der Waals surface area contributed by atoms with Crippen molar-refractivity contribution in [2.75, 3.05) is 21.3 Å². The molecule has 3 aromatic rings. The van der Waals surface area contributed by atoms with E-state index in [-0.39, 0.29) is 23.7 Å².